The van der Waals surface area contributed by atoms with Crippen molar-refractivity contribution in [1.82, 2.24) is 24.5 Å². The summed E-state index contributed by atoms with van der Waals surface area (Å²) >= 11 is 0. The van der Waals surface area contributed by atoms with Crippen LogP contribution in [0.3, 0.4) is 0 Å². The summed E-state index contributed by atoms with van der Waals surface area (Å²) < 4.78 is 14.6. The minimum Gasteiger partial charge on any atom is -0.486 e. The van der Waals surface area contributed by atoms with Gasteiger partial charge >= 0.3 is 0 Å². The van der Waals surface area contributed by atoms with Crippen LogP contribution in [0.2, 0.25) is 0 Å². The molecule has 0 atom stereocenters. The first-order valence-corrected chi connectivity index (χ1v) is 9.17. The number of aromatic nitrogens is 5. The second-order valence-electron chi connectivity index (χ2n) is 6.54. The van der Waals surface area contributed by atoms with E-state index in [2.05, 4.69) is 15.2 Å². The van der Waals surface area contributed by atoms with Gasteiger partial charge in [0.25, 0.3) is 0 Å². The van der Waals surface area contributed by atoms with Gasteiger partial charge in [0.15, 0.2) is 17.2 Å². The van der Waals surface area contributed by atoms with Crippen LogP contribution in [-0.2, 0) is 0 Å². The SMILES string of the molecule is Cc1ncccc1-n1ccc(=O)c(-c2ccnn2-c2ccc3c(c2)OCCO3)n1. The van der Waals surface area contributed by atoms with Crippen molar-refractivity contribution in [3.63, 3.8) is 0 Å². The molecule has 3 aromatic heterocycles. The highest BCUT2D eigenvalue weighted by Gasteiger charge is 2.17. The Morgan fingerprint density at radius 2 is 1.86 bits per heavy atom. The molecule has 1 aromatic carbocycles. The fourth-order valence-electron chi connectivity index (χ4n) is 3.29. The Kier molecular flexibility index (Phi) is 4.09. The molecule has 0 unspecified atom stereocenters. The first-order chi connectivity index (χ1) is 14.2. The Hall–Kier alpha value is -3.94. The Morgan fingerprint density at radius 3 is 2.72 bits per heavy atom. The topological polar surface area (TPSA) is 84.1 Å². The van der Waals surface area contributed by atoms with Crippen molar-refractivity contribution >= 4 is 0 Å². The van der Waals surface area contributed by atoms with Gasteiger partial charge in [0, 0.05) is 24.5 Å². The minimum absolute atomic E-state index is 0.193. The van der Waals surface area contributed by atoms with E-state index in [0.717, 1.165) is 17.1 Å². The monoisotopic (exact) mass is 387 g/mol. The maximum absolute atomic E-state index is 12.6. The molecule has 0 N–H and O–H groups in total. The normalized spacial score (nSPS) is 12.7. The Balaban J connectivity index is 1.62. The predicted octanol–water partition coefficient (Wildman–Crippen LogP) is 2.56. The van der Waals surface area contributed by atoms with E-state index >= 15 is 0 Å². The average Bonchev–Trinajstić information content (AvgIpc) is 3.24. The third kappa shape index (κ3) is 3.04. The number of ether oxygens (including phenoxy) is 2. The van der Waals surface area contributed by atoms with E-state index in [1.807, 2.05) is 37.3 Å². The van der Waals surface area contributed by atoms with Gasteiger partial charge < -0.3 is 9.47 Å². The van der Waals surface area contributed by atoms with E-state index in [4.69, 9.17) is 9.47 Å². The molecule has 1 aliphatic rings. The number of pyridine rings is 1. The molecule has 0 saturated heterocycles. The maximum Gasteiger partial charge on any atom is 0.209 e. The number of aryl methyl sites for hydroxylation is 1. The molecule has 0 spiro atoms. The second kappa shape index (κ2) is 6.90. The highest BCUT2D eigenvalue weighted by Crippen LogP contribution is 2.32. The van der Waals surface area contributed by atoms with Crippen molar-refractivity contribution in [3.05, 3.63) is 77.0 Å². The Morgan fingerprint density at radius 1 is 1.00 bits per heavy atom. The van der Waals surface area contributed by atoms with Crippen LogP contribution in [0, 0.1) is 6.92 Å². The van der Waals surface area contributed by atoms with Crippen LogP contribution in [0.4, 0.5) is 0 Å². The number of fused-ring (bicyclic) bond motifs is 1. The summed E-state index contributed by atoms with van der Waals surface area (Å²) in [4.78, 5) is 16.9. The van der Waals surface area contributed by atoms with Gasteiger partial charge in [-0.3, -0.25) is 9.78 Å². The number of benzene rings is 1. The predicted molar refractivity (Wildman–Crippen MR) is 106 cm³/mol. The first kappa shape index (κ1) is 17.2. The number of hydrogen-bond acceptors (Lipinski definition) is 6. The molecular formula is C21H17N5O3. The van der Waals surface area contributed by atoms with Gasteiger partial charge in [-0.2, -0.15) is 10.2 Å². The van der Waals surface area contributed by atoms with Crippen LogP contribution in [0.1, 0.15) is 5.69 Å². The van der Waals surface area contributed by atoms with E-state index in [1.165, 1.54) is 6.07 Å². The summed E-state index contributed by atoms with van der Waals surface area (Å²) in [5, 5.41) is 8.96. The molecule has 1 aliphatic heterocycles. The van der Waals surface area contributed by atoms with Gasteiger partial charge in [0.05, 0.1) is 29.0 Å². The molecule has 5 rings (SSSR count). The third-order valence-corrected chi connectivity index (χ3v) is 4.69. The molecular weight excluding hydrogens is 370 g/mol. The van der Waals surface area contributed by atoms with Crippen LogP contribution in [-0.4, -0.2) is 37.8 Å². The van der Waals surface area contributed by atoms with Gasteiger partial charge in [-0.1, -0.05) is 0 Å². The lowest BCUT2D eigenvalue weighted by molar-refractivity contribution is 0.171. The van der Waals surface area contributed by atoms with E-state index in [0.29, 0.717) is 36.1 Å². The summed E-state index contributed by atoms with van der Waals surface area (Å²) in [6, 6.07) is 12.6. The lowest BCUT2D eigenvalue weighted by atomic mass is 10.2. The number of nitrogens with zero attached hydrogens (tertiary/aromatic N) is 5. The molecule has 0 aliphatic carbocycles. The third-order valence-electron chi connectivity index (χ3n) is 4.69. The molecule has 0 radical (unpaired) electrons. The van der Waals surface area contributed by atoms with Gasteiger partial charge in [-0.05, 0) is 37.3 Å². The fourth-order valence-corrected chi connectivity index (χ4v) is 3.29. The molecule has 0 amide bonds. The molecule has 0 saturated carbocycles. The summed E-state index contributed by atoms with van der Waals surface area (Å²) in [6.07, 6.45) is 5.00. The zero-order valence-electron chi connectivity index (χ0n) is 15.6. The van der Waals surface area contributed by atoms with Crippen molar-refractivity contribution in [1.29, 1.82) is 0 Å². The summed E-state index contributed by atoms with van der Waals surface area (Å²) in [6.45, 7) is 2.92. The van der Waals surface area contributed by atoms with Gasteiger partial charge in [0.1, 0.15) is 13.2 Å². The van der Waals surface area contributed by atoms with Gasteiger partial charge in [0.2, 0.25) is 5.43 Å². The number of rotatable bonds is 3. The Bertz CT molecular complexity index is 1260. The van der Waals surface area contributed by atoms with Crippen molar-refractivity contribution in [2.45, 2.75) is 6.92 Å². The largest absolute Gasteiger partial charge is 0.486 e. The van der Waals surface area contributed by atoms with Crippen LogP contribution in [0.5, 0.6) is 11.5 Å². The average molecular weight is 387 g/mol. The maximum atomic E-state index is 12.6. The van der Waals surface area contributed by atoms with Crippen LogP contribution in [0.25, 0.3) is 22.8 Å². The lowest BCUT2D eigenvalue weighted by Crippen LogP contribution is -2.16. The molecule has 29 heavy (non-hydrogen) atoms. The van der Waals surface area contributed by atoms with Crippen molar-refractivity contribution in [2.75, 3.05) is 13.2 Å². The van der Waals surface area contributed by atoms with Crippen molar-refractivity contribution < 1.29 is 9.47 Å². The van der Waals surface area contributed by atoms with Crippen LogP contribution >= 0.6 is 0 Å². The fraction of sp³-hybridized carbons (Fsp3) is 0.143. The lowest BCUT2D eigenvalue weighted by Gasteiger charge is -2.19. The van der Waals surface area contributed by atoms with E-state index < -0.39 is 0 Å². The quantitative estimate of drug-likeness (QED) is 0.537. The smallest absolute Gasteiger partial charge is 0.209 e. The summed E-state index contributed by atoms with van der Waals surface area (Å²) in [7, 11) is 0. The number of hydrogen-bond donors (Lipinski definition) is 0. The zero-order valence-corrected chi connectivity index (χ0v) is 15.6. The highest BCUT2D eigenvalue weighted by atomic mass is 16.6. The zero-order chi connectivity index (χ0) is 19.8. The van der Waals surface area contributed by atoms with E-state index in [-0.39, 0.29) is 5.43 Å². The molecule has 8 heteroatoms. The summed E-state index contributed by atoms with van der Waals surface area (Å²) in [5.74, 6) is 1.35. The molecule has 4 heterocycles. The van der Waals surface area contributed by atoms with Crippen LogP contribution < -0.4 is 14.9 Å². The molecule has 4 aromatic rings. The molecule has 144 valence electrons. The standard InChI is InChI=1S/C21H17N5O3/c1-14-16(3-2-8-22-14)25-10-7-18(27)21(24-25)17-6-9-23-26(17)15-4-5-19-20(13-15)29-12-11-28-19/h2-10,13H,11-12H2,1H3. The highest BCUT2D eigenvalue weighted by molar-refractivity contribution is 5.59. The first-order valence-electron chi connectivity index (χ1n) is 9.17. The van der Waals surface area contributed by atoms with Crippen molar-refractivity contribution in [3.8, 4) is 34.3 Å². The van der Waals surface area contributed by atoms with Crippen LogP contribution in [0.15, 0.2) is 65.8 Å². The molecule has 8 nitrogen and oxygen atoms in total. The van der Waals surface area contributed by atoms with Gasteiger partial charge in [-0.25, -0.2) is 9.36 Å². The Labute approximate surface area is 166 Å². The summed E-state index contributed by atoms with van der Waals surface area (Å²) in [5.41, 5.74) is 3.06. The van der Waals surface area contributed by atoms with Crippen molar-refractivity contribution in [2.24, 2.45) is 0 Å². The minimum atomic E-state index is -0.193. The molecule has 0 fully saturated rings. The molecule has 0 bridgehead atoms. The second-order valence-corrected chi connectivity index (χ2v) is 6.54. The van der Waals surface area contributed by atoms with Gasteiger partial charge in [-0.15, -0.1) is 0 Å². The van der Waals surface area contributed by atoms with E-state index in [9.17, 15) is 4.79 Å². The van der Waals surface area contributed by atoms with E-state index in [1.54, 1.807) is 34.0 Å².